The smallest absolute Gasteiger partial charge is 0.271 e. The number of hydrogen-bond acceptors (Lipinski definition) is 4. The van der Waals surface area contributed by atoms with E-state index in [-0.39, 0.29) is 18.2 Å². The number of aliphatic hydroxyl groups excluding tert-OH is 1. The van der Waals surface area contributed by atoms with Crippen LogP contribution >= 0.6 is 0 Å². The first-order valence-corrected chi connectivity index (χ1v) is 5.28. The summed E-state index contributed by atoms with van der Waals surface area (Å²) in [6, 6.07) is 5.78. The molecule has 0 unspecified atom stereocenters. The van der Waals surface area contributed by atoms with E-state index in [1.165, 1.54) is 18.2 Å². The predicted octanol–water partition coefficient (Wildman–Crippen LogP) is 1.70. The van der Waals surface area contributed by atoms with Crippen LogP contribution in [-0.4, -0.2) is 22.5 Å². The van der Waals surface area contributed by atoms with Gasteiger partial charge in [0.2, 0.25) is 5.91 Å². The zero-order valence-electron chi connectivity index (χ0n) is 9.26. The summed E-state index contributed by atoms with van der Waals surface area (Å²) in [6.07, 6.45) is 1.46. The Labute approximate surface area is 98.4 Å². The maximum absolute atomic E-state index is 11.4. The number of nitrogens with one attached hydrogen (secondary N) is 1. The Bertz CT molecular complexity index is 406. The van der Waals surface area contributed by atoms with Gasteiger partial charge < -0.3 is 10.4 Å². The van der Waals surface area contributed by atoms with Gasteiger partial charge in [-0.3, -0.25) is 14.9 Å². The van der Waals surface area contributed by atoms with E-state index < -0.39 is 4.92 Å². The van der Waals surface area contributed by atoms with Crippen molar-refractivity contribution >= 4 is 17.3 Å². The third-order valence-corrected chi connectivity index (χ3v) is 2.15. The molecule has 0 aliphatic rings. The first kappa shape index (κ1) is 13.1. The molecule has 1 aromatic rings. The number of aliphatic hydroxyl groups is 1. The van der Waals surface area contributed by atoms with Crippen LogP contribution in [0.15, 0.2) is 24.3 Å². The number of hydrogen-bond donors (Lipinski definition) is 2. The molecule has 6 heteroatoms. The summed E-state index contributed by atoms with van der Waals surface area (Å²) in [4.78, 5) is 21.4. The second-order valence-electron chi connectivity index (χ2n) is 3.54. The van der Waals surface area contributed by atoms with Gasteiger partial charge in [-0.05, 0) is 18.9 Å². The zero-order chi connectivity index (χ0) is 12.7. The number of nitro benzene ring substituents is 1. The van der Waals surface area contributed by atoms with Gasteiger partial charge in [-0.1, -0.05) is 6.07 Å². The second-order valence-corrected chi connectivity index (χ2v) is 3.54. The van der Waals surface area contributed by atoms with Gasteiger partial charge in [0.05, 0.1) is 4.92 Å². The van der Waals surface area contributed by atoms with Crippen molar-refractivity contribution in [3.05, 3.63) is 34.4 Å². The molecular weight excluding hydrogens is 224 g/mol. The van der Waals surface area contributed by atoms with Gasteiger partial charge in [-0.2, -0.15) is 0 Å². The summed E-state index contributed by atoms with van der Waals surface area (Å²) in [7, 11) is 0. The van der Waals surface area contributed by atoms with Crippen LogP contribution < -0.4 is 5.32 Å². The van der Waals surface area contributed by atoms with E-state index in [4.69, 9.17) is 5.11 Å². The molecule has 0 spiro atoms. The monoisotopic (exact) mass is 238 g/mol. The Morgan fingerprint density at radius 1 is 1.41 bits per heavy atom. The molecule has 1 amide bonds. The van der Waals surface area contributed by atoms with Crippen molar-refractivity contribution in [2.45, 2.75) is 19.3 Å². The van der Waals surface area contributed by atoms with Gasteiger partial charge in [0.1, 0.15) is 0 Å². The first-order chi connectivity index (χ1) is 8.13. The number of rotatable bonds is 6. The van der Waals surface area contributed by atoms with Gasteiger partial charge >= 0.3 is 0 Å². The predicted molar refractivity (Wildman–Crippen MR) is 62.7 cm³/mol. The van der Waals surface area contributed by atoms with Crippen LogP contribution in [-0.2, 0) is 4.79 Å². The van der Waals surface area contributed by atoms with Crippen molar-refractivity contribution in [3.8, 4) is 0 Å². The van der Waals surface area contributed by atoms with Crippen LogP contribution in [0.4, 0.5) is 11.4 Å². The number of carbonyl (C=O) groups is 1. The van der Waals surface area contributed by atoms with E-state index in [0.29, 0.717) is 24.9 Å². The molecule has 0 radical (unpaired) electrons. The highest BCUT2D eigenvalue weighted by Crippen LogP contribution is 2.17. The van der Waals surface area contributed by atoms with Gasteiger partial charge in [-0.15, -0.1) is 0 Å². The molecule has 0 heterocycles. The quantitative estimate of drug-likeness (QED) is 0.448. The van der Waals surface area contributed by atoms with E-state index in [0.717, 1.165) is 0 Å². The lowest BCUT2D eigenvalue weighted by molar-refractivity contribution is -0.384. The summed E-state index contributed by atoms with van der Waals surface area (Å²) in [5.74, 6) is -0.209. The normalized spacial score (nSPS) is 9.94. The average Bonchev–Trinajstić information content (AvgIpc) is 2.29. The number of benzene rings is 1. The molecule has 0 aliphatic carbocycles. The fourth-order valence-electron chi connectivity index (χ4n) is 1.32. The Morgan fingerprint density at radius 2 is 2.18 bits per heavy atom. The standard InChI is InChI=1S/C11H14N2O4/c14-7-2-1-6-11(15)12-9-4-3-5-10(8-9)13(16)17/h3-5,8,14H,1-2,6-7H2,(H,12,15). The van der Waals surface area contributed by atoms with E-state index >= 15 is 0 Å². The minimum Gasteiger partial charge on any atom is -0.396 e. The summed E-state index contributed by atoms with van der Waals surface area (Å²) in [5, 5.41) is 21.6. The Hall–Kier alpha value is -1.95. The number of amides is 1. The van der Waals surface area contributed by atoms with Crippen LogP contribution in [0.1, 0.15) is 19.3 Å². The Kier molecular flexibility index (Phi) is 5.09. The third kappa shape index (κ3) is 4.60. The molecule has 17 heavy (non-hydrogen) atoms. The van der Waals surface area contributed by atoms with E-state index in [1.54, 1.807) is 6.07 Å². The van der Waals surface area contributed by atoms with Crippen molar-refractivity contribution in [1.82, 2.24) is 0 Å². The topological polar surface area (TPSA) is 92.5 Å². The molecule has 0 atom stereocenters. The molecule has 2 N–H and O–H groups in total. The summed E-state index contributed by atoms with van der Waals surface area (Å²) >= 11 is 0. The fourth-order valence-corrected chi connectivity index (χ4v) is 1.32. The van der Waals surface area contributed by atoms with Gasteiger partial charge in [0.25, 0.3) is 5.69 Å². The van der Waals surface area contributed by atoms with Gasteiger partial charge in [0.15, 0.2) is 0 Å². The lowest BCUT2D eigenvalue weighted by Gasteiger charge is -2.04. The van der Waals surface area contributed by atoms with Crippen LogP contribution in [0.5, 0.6) is 0 Å². The number of nitrogens with zero attached hydrogens (tertiary/aromatic N) is 1. The van der Waals surface area contributed by atoms with Crippen LogP contribution in [0.2, 0.25) is 0 Å². The number of unbranched alkanes of at least 4 members (excludes halogenated alkanes) is 1. The van der Waals surface area contributed by atoms with E-state index in [9.17, 15) is 14.9 Å². The number of nitro groups is 1. The third-order valence-electron chi connectivity index (χ3n) is 2.15. The van der Waals surface area contributed by atoms with Crippen molar-refractivity contribution in [3.63, 3.8) is 0 Å². The molecule has 92 valence electrons. The van der Waals surface area contributed by atoms with Crippen LogP contribution in [0, 0.1) is 10.1 Å². The highest BCUT2D eigenvalue weighted by atomic mass is 16.6. The second kappa shape index (κ2) is 6.59. The number of anilines is 1. The average molecular weight is 238 g/mol. The van der Waals surface area contributed by atoms with Crippen LogP contribution in [0.3, 0.4) is 0 Å². The minimum atomic E-state index is -0.512. The van der Waals surface area contributed by atoms with Crippen molar-refractivity contribution in [1.29, 1.82) is 0 Å². The molecule has 6 nitrogen and oxygen atoms in total. The van der Waals surface area contributed by atoms with Crippen molar-refractivity contribution < 1.29 is 14.8 Å². The van der Waals surface area contributed by atoms with E-state index in [2.05, 4.69) is 5.32 Å². The zero-order valence-corrected chi connectivity index (χ0v) is 9.26. The van der Waals surface area contributed by atoms with E-state index in [1.807, 2.05) is 0 Å². The SMILES string of the molecule is O=C(CCCCO)Nc1cccc([N+](=O)[O-])c1. The molecule has 0 aliphatic heterocycles. The summed E-state index contributed by atoms with van der Waals surface area (Å²) in [6.45, 7) is 0.0596. The highest BCUT2D eigenvalue weighted by Gasteiger charge is 2.07. The highest BCUT2D eigenvalue weighted by molar-refractivity contribution is 5.90. The fraction of sp³-hybridized carbons (Fsp3) is 0.364. The largest absolute Gasteiger partial charge is 0.396 e. The Balaban J connectivity index is 2.53. The molecule has 1 rings (SSSR count). The van der Waals surface area contributed by atoms with Crippen molar-refractivity contribution in [2.75, 3.05) is 11.9 Å². The summed E-state index contributed by atoms with van der Waals surface area (Å²) < 4.78 is 0. The number of non-ortho nitro benzene ring substituents is 1. The molecule has 0 aromatic heterocycles. The maximum atomic E-state index is 11.4. The molecule has 0 saturated carbocycles. The molecule has 0 saturated heterocycles. The molecule has 0 fully saturated rings. The lowest BCUT2D eigenvalue weighted by atomic mass is 10.2. The number of carbonyl (C=O) groups excluding carboxylic acids is 1. The van der Waals surface area contributed by atoms with Crippen LogP contribution in [0.25, 0.3) is 0 Å². The maximum Gasteiger partial charge on any atom is 0.271 e. The minimum absolute atomic E-state index is 0.0573. The summed E-state index contributed by atoms with van der Waals surface area (Å²) in [5.41, 5.74) is 0.353. The molecule has 0 bridgehead atoms. The van der Waals surface area contributed by atoms with Gasteiger partial charge in [0, 0.05) is 30.8 Å². The first-order valence-electron chi connectivity index (χ1n) is 5.28. The molecule has 1 aromatic carbocycles. The molecular formula is C11H14N2O4. The van der Waals surface area contributed by atoms with Crippen molar-refractivity contribution in [2.24, 2.45) is 0 Å². The lowest BCUT2D eigenvalue weighted by Crippen LogP contribution is -2.11. The Morgan fingerprint density at radius 3 is 2.82 bits per heavy atom. The van der Waals surface area contributed by atoms with Gasteiger partial charge in [-0.25, -0.2) is 0 Å².